The Morgan fingerprint density at radius 1 is 1.21 bits per heavy atom. The van der Waals surface area contributed by atoms with Gasteiger partial charge in [0.05, 0.1) is 17.4 Å². The molecule has 2 atom stereocenters. The fourth-order valence-corrected chi connectivity index (χ4v) is 4.44. The molecular weight excluding hydrogens is 234 g/mol. The monoisotopic (exact) mass is 255 g/mol. The predicted molar refractivity (Wildman–Crippen MR) is 77.1 cm³/mol. The molecule has 1 saturated heterocycles. The summed E-state index contributed by atoms with van der Waals surface area (Å²) in [6.45, 7) is 4.80. The topological polar surface area (TPSA) is 40.7 Å². The van der Waals surface area contributed by atoms with Crippen molar-refractivity contribution in [2.24, 2.45) is 11.8 Å². The van der Waals surface area contributed by atoms with Crippen LogP contribution >= 0.6 is 0 Å². The van der Waals surface area contributed by atoms with E-state index in [4.69, 9.17) is 0 Å². The van der Waals surface area contributed by atoms with Gasteiger partial charge in [0.2, 0.25) is 0 Å². The largest absolute Gasteiger partial charge is 0.345 e. The van der Waals surface area contributed by atoms with Crippen molar-refractivity contribution in [3.05, 3.63) is 30.1 Å². The van der Waals surface area contributed by atoms with Crippen LogP contribution in [-0.2, 0) is 5.41 Å². The minimum absolute atomic E-state index is 0.290. The molecule has 1 aromatic heterocycles. The number of aromatic nitrogens is 2. The molecule has 2 bridgehead atoms. The van der Waals surface area contributed by atoms with Crippen molar-refractivity contribution in [1.82, 2.24) is 15.3 Å². The van der Waals surface area contributed by atoms with Gasteiger partial charge in [-0.3, -0.25) is 0 Å². The van der Waals surface area contributed by atoms with Gasteiger partial charge >= 0.3 is 0 Å². The van der Waals surface area contributed by atoms with Crippen LogP contribution in [0, 0.1) is 11.8 Å². The van der Waals surface area contributed by atoms with Crippen LogP contribution in [0.25, 0.3) is 11.0 Å². The van der Waals surface area contributed by atoms with Crippen molar-refractivity contribution >= 4 is 11.0 Å². The maximum absolute atomic E-state index is 4.59. The van der Waals surface area contributed by atoms with Gasteiger partial charge in [0, 0.05) is 5.41 Å². The first kappa shape index (κ1) is 11.5. The fourth-order valence-electron chi connectivity index (χ4n) is 4.44. The van der Waals surface area contributed by atoms with Gasteiger partial charge in [0.1, 0.15) is 0 Å². The maximum atomic E-state index is 4.59. The lowest BCUT2D eigenvalue weighted by Gasteiger charge is -2.52. The highest BCUT2D eigenvalue weighted by atomic mass is 14.9. The number of rotatable bonds is 1. The summed E-state index contributed by atoms with van der Waals surface area (Å²) < 4.78 is 0. The number of aromatic amines is 1. The number of hydrogen-bond donors (Lipinski definition) is 2. The molecule has 0 spiro atoms. The van der Waals surface area contributed by atoms with Crippen LogP contribution in [-0.4, -0.2) is 23.1 Å². The lowest BCUT2D eigenvalue weighted by atomic mass is 9.56. The van der Waals surface area contributed by atoms with E-state index in [1.54, 1.807) is 0 Å². The first-order chi connectivity index (χ1) is 9.30. The molecule has 0 amide bonds. The quantitative estimate of drug-likeness (QED) is 0.822. The standard InChI is InChI=1S/C16H21N3/c1-16(11-4-2-5-12(16)9-17-8-11)13-6-3-7-14-15(13)19-10-18-14/h3,6-7,10-12,17H,2,4-5,8-9H2,1H3,(H,18,19). The Hall–Kier alpha value is -1.35. The molecule has 100 valence electrons. The van der Waals surface area contributed by atoms with Crippen LogP contribution in [0.1, 0.15) is 31.7 Å². The second kappa shape index (κ2) is 4.07. The number of nitrogens with zero attached hydrogens (tertiary/aromatic N) is 1. The molecule has 3 nitrogen and oxygen atoms in total. The summed E-state index contributed by atoms with van der Waals surface area (Å²) in [6, 6.07) is 6.62. The van der Waals surface area contributed by atoms with Gasteiger partial charge in [-0.05, 0) is 49.4 Å². The lowest BCUT2D eigenvalue weighted by Crippen LogP contribution is -2.55. The van der Waals surface area contributed by atoms with Crippen LogP contribution < -0.4 is 5.32 Å². The zero-order valence-electron chi connectivity index (χ0n) is 11.4. The highest BCUT2D eigenvalue weighted by Gasteiger charge is 2.48. The number of benzene rings is 1. The van der Waals surface area contributed by atoms with E-state index in [0.717, 1.165) is 24.9 Å². The molecule has 3 heteroatoms. The first-order valence-electron chi connectivity index (χ1n) is 7.43. The molecule has 4 rings (SSSR count). The number of H-pyrrole nitrogens is 1. The molecule has 2 N–H and O–H groups in total. The summed E-state index contributed by atoms with van der Waals surface area (Å²) in [7, 11) is 0. The molecule has 1 aliphatic heterocycles. The summed E-state index contributed by atoms with van der Waals surface area (Å²) in [5.41, 5.74) is 4.11. The summed E-state index contributed by atoms with van der Waals surface area (Å²) in [5.74, 6) is 1.50. The second-order valence-electron chi connectivity index (χ2n) is 6.37. The van der Waals surface area contributed by atoms with Gasteiger partial charge in [-0.1, -0.05) is 25.5 Å². The molecule has 0 radical (unpaired) electrons. The van der Waals surface area contributed by atoms with E-state index >= 15 is 0 Å². The van der Waals surface area contributed by atoms with E-state index < -0.39 is 0 Å². The summed E-state index contributed by atoms with van der Waals surface area (Å²) in [4.78, 5) is 7.85. The molecule has 19 heavy (non-hydrogen) atoms. The van der Waals surface area contributed by atoms with Crippen molar-refractivity contribution in [3.8, 4) is 0 Å². The molecular formula is C16H21N3. The van der Waals surface area contributed by atoms with Crippen LogP contribution in [0.2, 0.25) is 0 Å². The minimum Gasteiger partial charge on any atom is -0.345 e. The Labute approximate surface area is 113 Å². The van der Waals surface area contributed by atoms with Crippen LogP contribution in [0.15, 0.2) is 24.5 Å². The van der Waals surface area contributed by atoms with Crippen molar-refractivity contribution in [1.29, 1.82) is 0 Å². The van der Waals surface area contributed by atoms with Crippen LogP contribution in [0.3, 0.4) is 0 Å². The van der Waals surface area contributed by atoms with E-state index in [2.05, 4.69) is 40.4 Å². The number of fused-ring (bicyclic) bond motifs is 3. The molecule has 2 heterocycles. The number of para-hydroxylation sites is 1. The van der Waals surface area contributed by atoms with E-state index in [9.17, 15) is 0 Å². The van der Waals surface area contributed by atoms with Crippen LogP contribution in [0.4, 0.5) is 0 Å². The van der Waals surface area contributed by atoms with Gasteiger partial charge in [-0.2, -0.15) is 0 Å². The van der Waals surface area contributed by atoms with Crippen molar-refractivity contribution in [2.75, 3.05) is 13.1 Å². The van der Waals surface area contributed by atoms with Crippen molar-refractivity contribution < 1.29 is 0 Å². The van der Waals surface area contributed by atoms with Gasteiger partial charge < -0.3 is 10.3 Å². The predicted octanol–water partition coefficient (Wildman–Crippen LogP) is 2.84. The lowest BCUT2D eigenvalue weighted by molar-refractivity contribution is 0.0829. The molecule has 2 aromatic rings. The molecule has 1 aliphatic carbocycles. The smallest absolute Gasteiger partial charge is 0.0931 e. The van der Waals surface area contributed by atoms with Crippen molar-refractivity contribution in [2.45, 2.75) is 31.6 Å². The van der Waals surface area contributed by atoms with Gasteiger partial charge in [-0.25, -0.2) is 4.98 Å². The Morgan fingerprint density at radius 3 is 2.79 bits per heavy atom. The third-order valence-corrected chi connectivity index (χ3v) is 5.61. The number of nitrogens with one attached hydrogen (secondary N) is 2. The number of imidazole rings is 1. The molecule has 2 fully saturated rings. The third-order valence-electron chi connectivity index (χ3n) is 5.61. The highest BCUT2D eigenvalue weighted by Crippen LogP contribution is 2.50. The normalized spacial score (nSPS) is 34.6. The summed E-state index contributed by atoms with van der Waals surface area (Å²) >= 11 is 0. The maximum Gasteiger partial charge on any atom is 0.0931 e. The van der Waals surface area contributed by atoms with Crippen molar-refractivity contribution in [3.63, 3.8) is 0 Å². The van der Waals surface area contributed by atoms with E-state index in [1.165, 1.54) is 35.9 Å². The van der Waals surface area contributed by atoms with Gasteiger partial charge in [0.25, 0.3) is 0 Å². The van der Waals surface area contributed by atoms with Gasteiger partial charge in [0.15, 0.2) is 0 Å². The number of hydrogen-bond acceptors (Lipinski definition) is 2. The Bertz CT molecular complexity index is 579. The van der Waals surface area contributed by atoms with Gasteiger partial charge in [-0.15, -0.1) is 0 Å². The highest BCUT2D eigenvalue weighted by molar-refractivity contribution is 5.79. The fraction of sp³-hybridized carbons (Fsp3) is 0.562. The second-order valence-corrected chi connectivity index (χ2v) is 6.37. The Morgan fingerprint density at radius 2 is 2.00 bits per heavy atom. The van der Waals surface area contributed by atoms with E-state index in [1.807, 2.05) is 6.33 Å². The zero-order valence-corrected chi connectivity index (χ0v) is 11.4. The third kappa shape index (κ3) is 1.51. The van der Waals surface area contributed by atoms with Crippen LogP contribution in [0.5, 0.6) is 0 Å². The minimum atomic E-state index is 0.290. The Balaban J connectivity index is 1.92. The molecule has 1 saturated carbocycles. The zero-order chi connectivity index (χ0) is 12.9. The summed E-state index contributed by atoms with van der Waals surface area (Å²) in [6.07, 6.45) is 5.92. The molecule has 2 unspecified atom stereocenters. The van der Waals surface area contributed by atoms with E-state index in [-0.39, 0.29) is 5.41 Å². The molecule has 2 aliphatic rings. The number of piperidine rings is 1. The van der Waals surface area contributed by atoms with E-state index in [0.29, 0.717) is 0 Å². The average molecular weight is 255 g/mol. The first-order valence-corrected chi connectivity index (χ1v) is 7.43. The summed E-state index contributed by atoms with van der Waals surface area (Å²) in [5, 5.41) is 3.63. The Kier molecular flexibility index (Phi) is 2.46. The molecule has 1 aromatic carbocycles. The SMILES string of the molecule is CC1(c2cccc3[nH]cnc23)C2CCCC1CNC2. The average Bonchev–Trinajstić information content (AvgIpc) is 2.85.